The summed E-state index contributed by atoms with van der Waals surface area (Å²) in [5.41, 5.74) is 5.78. The number of aromatic amines is 1. The summed E-state index contributed by atoms with van der Waals surface area (Å²) in [7, 11) is 0. The average molecular weight is 736 g/mol. The molecule has 0 aliphatic carbocycles. The highest BCUT2D eigenvalue weighted by Gasteiger charge is 2.36. The molecule has 0 spiro atoms. The van der Waals surface area contributed by atoms with E-state index in [0.717, 1.165) is 57.8 Å². The van der Waals surface area contributed by atoms with E-state index in [4.69, 9.17) is 5.73 Å². The highest BCUT2D eigenvalue weighted by atomic mass is 19.4. The SMILES string of the molecule is NC(=O)c1nnc(N2CCCCC2)nc1Nc1ccc(N2CCC(CN3CCN(c4ccc(-c5ccc(=O)[nH]n5)cc4C(F)(F)F)CC3)CC2)c(F)c1. The molecule has 2 aromatic heterocycles. The van der Waals surface area contributed by atoms with Gasteiger partial charge in [-0.05, 0) is 74.4 Å². The number of aromatic nitrogens is 5. The number of nitrogens with zero attached hydrogens (tertiary/aromatic N) is 8. The second-order valence-corrected chi connectivity index (χ2v) is 13.8. The Kier molecular flexibility index (Phi) is 10.4. The number of nitrogens with two attached hydrogens (primary N) is 1. The molecule has 3 saturated heterocycles. The smallest absolute Gasteiger partial charge is 0.369 e. The molecular weight excluding hydrogens is 694 g/mol. The van der Waals surface area contributed by atoms with Gasteiger partial charge in [0.15, 0.2) is 11.5 Å². The summed E-state index contributed by atoms with van der Waals surface area (Å²) in [5, 5.41) is 17.3. The fourth-order valence-electron chi connectivity index (χ4n) is 7.37. The third-order valence-corrected chi connectivity index (χ3v) is 10.2. The molecule has 4 N–H and O–H groups in total. The van der Waals surface area contributed by atoms with Crippen LogP contribution >= 0.6 is 0 Å². The van der Waals surface area contributed by atoms with Crippen molar-refractivity contribution in [3.63, 3.8) is 0 Å². The third kappa shape index (κ3) is 8.34. The van der Waals surface area contributed by atoms with Crippen molar-refractivity contribution < 1.29 is 22.4 Å². The molecule has 7 rings (SSSR count). The molecule has 3 fully saturated rings. The van der Waals surface area contributed by atoms with E-state index < -0.39 is 29.0 Å². The lowest BCUT2D eigenvalue weighted by atomic mass is 9.95. The second kappa shape index (κ2) is 15.3. The van der Waals surface area contributed by atoms with Crippen molar-refractivity contribution in [1.82, 2.24) is 30.3 Å². The number of carbonyl (C=O) groups excluding carboxylic acids is 1. The molecule has 17 heteroatoms. The van der Waals surface area contributed by atoms with E-state index in [-0.39, 0.29) is 28.5 Å². The van der Waals surface area contributed by atoms with Crippen molar-refractivity contribution in [3.8, 4) is 11.3 Å². The molecular formula is C36H41F4N11O2. The largest absolute Gasteiger partial charge is 0.418 e. The van der Waals surface area contributed by atoms with Gasteiger partial charge in [-0.1, -0.05) is 6.07 Å². The first-order valence-corrected chi connectivity index (χ1v) is 17.9. The van der Waals surface area contributed by atoms with Crippen molar-refractivity contribution in [2.24, 2.45) is 11.7 Å². The minimum Gasteiger partial charge on any atom is -0.369 e. The summed E-state index contributed by atoms with van der Waals surface area (Å²) >= 11 is 0. The highest BCUT2D eigenvalue weighted by molar-refractivity contribution is 5.96. The molecule has 5 heterocycles. The zero-order valence-electron chi connectivity index (χ0n) is 29.1. The fourth-order valence-corrected chi connectivity index (χ4v) is 7.37. The lowest BCUT2D eigenvalue weighted by Crippen LogP contribution is -2.49. The molecule has 1 amide bonds. The zero-order valence-corrected chi connectivity index (χ0v) is 29.1. The number of rotatable bonds is 9. The van der Waals surface area contributed by atoms with Gasteiger partial charge >= 0.3 is 6.18 Å². The molecule has 0 saturated carbocycles. The molecule has 0 unspecified atom stereocenters. The quantitative estimate of drug-likeness (QED) is 0.206. The number of H-pyrrole nitrogens is 1. The molecule has 280 valence electrons. The van der Waals surface area contributed by atoms with Crippen LogP contribution in [0.2, 0.25) is 0 Å². The Morgan fingerprint density at radius 2 is 1.57 bits per heavy atom. The van der Waals surface area contributed by atoms with Crippen molar-refractivity contribution in [1.29, 1.82) is 0 Å². The number of carbonyl (C=O) groups is 1. The molecule has 3 aliphatic rings. The Balaban J connectivity index is 0.929. The Hall–Kier alpha value is -5.32. The predicted molar refractivity (Wildman–Crippen MR) is 193 cm³/mol. The maximum absolute atomic E-state index is 15.5. The normalized spacial score (nSPS) is 17.6. The summed E-state index contributed by atoms with van der Waals surface area (Å²) in [6.07, 6.45) is 0.297. The van der Waals surface area contributed by atoms with Gasteiger partial charge in [-0.25, -0.2) is 9.49 Å². The fraction of sp³-hybridized carbons (Fsp3) is 0.444. The Labute approximate surface area is 303 Å². The number of amides is 1. The van der Waals surface area contributed by atoms with E-state index in [9.17, 15) is 22.8 Å². The topological polar surface area (TPSA) is 152 Å². The van der Waals surface area contributed by atoms with Crippen LogP contribution in [0.25, 0.3) is 11.3 Å². The van der Waals surface area contributed by atoms with Crippen LogP contribution in [-0.2, 0) is 6.18 Å². The molecule has 53 heavy (non-hydrogen) atoms. The van der Waals surface area contributed by atoms with Crippen LogP contribution in [0.4, 0.5) is 46.4 Å². The number of benzene rings is 2. The summed E-state index contributed by atoms with van der Waals surface area (Å²) < 4.78 is 58.0. The Morgan fingerprint density at radius 3 is 2.23 bits per heavy atom. The van der Waals surface area contributed by atoms with Crippen LogP contribution in [0, 0.1) is 11.7 Å². The number of hydrogen-bond acceptors (Lipinski definition) is 11. The molecule has 13 nitrogen and oxygen atoms in total. The van der Waals surface area contributed by atoms with Crippen LogP contribution in [0.5, 0.6) is 0 Å². The first kappa shape index (κ1) is 36.1. The van der Waals surface area contributed by atoms with Crippen molar-refractivity contribution in [3.05, 3.63) is 76.0 Å². The molecule has 0 bridgehead atoms. The molecule has 3 aliphatic heterocycles. The number of anilines is 5. The van der Waals surface area contributed by atoms with Gasteiger partial charge in [0.1, 0.15) is 5.82 Å². The number of piperidine rings is 2. The number of hydrogen-bond donors (Lipinski definition) is 3. The van der Waals surface area contributed by atoms with Gasteiger partial charge in [0.2, 0.25) is 5.95 Å². The molecule has 2 aromatic carbocycles. The van der Waals surface area contributed by atoms with Gasteiger partial charge in [0.05, 0.1) is 16.9 Å². The Morgan fingerprint density at radius 1 is 0.849 bits per heavy atom. The first-order chi connectivity index (χ1) is 25.5. The van der Waals surface area contributed by atoms with E-state index in [0.29, 0.717) is 62.5 Å². The van der Waals surface area contributed by atoms with Crippen molar-refractivity contribution in [2.45, 2.75) is 38.3 Å². The standard InChI is InChI=1S/C36H41F4N11O2/c37-27-21-25(42-34-32(33(41)53)46-47-35(43-34)51-12-2-1-3-13-51)5-8-30(27)49-14-10-23(11-15-49)22-48-16-18-50(19-17-48)29-7-4-24(20-26(29)36(38,39)40)28-6-9-31(52)45-44-28/h4-9,20-21,23H,1-3,10-19,22H2,(H2,41,53)(H,45,52)(H,42,43,47). The van der Waals surface area contributed by atoms with Gasteiger partial charge < -0.3 is 25.8 Å². The number of nitrogens with one attached hydrogen (secondary N) is 2. The van der Waals surface area contributed by atoms with Gasteiger partial charge in [-0.15, -0.1) is 10.2 Å². The summed E-state index contributed by atoms with van der Waals surface area (Å²) in [6, 6.07) is 11.6. The first-order valence-electron chi connectivity index (χ1n) is 17.9. The van der Waals surface area contributed by atoms with Gasteiger partial charge in [0, 0.05) is 81.9 Å². The van der Waals surface area contributed by atoms with Crippen LogP contribution in [0.1, 0.15) is 48.2 Å². The maximum atomic E-state index is 15.5. The van der Waals surface area contributed by atoms with Gasteiger partial charge in [0.25, 0.3) is 11.5 Å². The van der Waals surface area contributed by atoms with Gasteiger partial charge in [-0.3, -0.25) is 14.5 Å². The number of primary amides is 1. The molecule has 4 aromatic rings. The highest BCUT2D eigenvalue weighted by Crippen LogP contribution is 2.39. The summed E-state index contributed by atoms with van der Waals surface area (Å²) in [4.78, 5) is 36.0. The van der Waals surface area contributed by atoms with Crippen LogP contribution in [0.15, 0.2) is 53.3 Å². The van der Waals surface area contributed by atoms with E-state index in [1.807, 2.05) is 9.80 Å². The lowest BCUT2D eigenvalue weighted by Gasteiger charge is -2.40. The average Bonchev–Trinajstić information content (AvgIpc) is 3.16. The minimum atomic E-state index is -4.56. The van der Waals surface area contributed by atoms with E-state index >= 15 is 4.39 Å². The maximum Gasteiger partial charge on any atom is 0.418 e. The minimum absolute atomic E-state index is 0.125. The third-order valence-electron chi connectivity index (χ3n) is 10.2. The summed E-state index contributed by atoms with van der Waals surface area (Å²) in [5.74, 6) is -0.306. The zero-order chi connectivity index (χ0) is 37.1. The van der Waals surface area contributed by atoms with Gasteiger partial charge in [-0.2, -0.15) is 23.3 Å². The lowest BCUT2D eigenvalue weighted by molar-refractivity contribution is -0.137. The van der Waals surface area contributed by atoms with Crippen molar-refractivity contribution in [2.75, 3.05) is 78.9 Å². The monoisotopic (exact) mass is 735 g/mol. The number of halogens is 4. The summed E-state index contributed by atoms with van der Waals surface area (Å²) in [6.45, 7) is 5.90. The Bertz CT molecular complexity index is 1970. The van der Waals surface area contributed by atoms with E-state index in [2.05, 4.69) is 35.6 Å². The van der Waals surface area contributed by atoms with E-state index in [1.54, 1.807) is 23.1 Å². The number of alkyl halides is 3. The van der Waals surface area contributed by atoms with Crippen LogP contribution < -0.4 is 31.3 Å². The molecule has 0 atom stereocenters. The number of piperazine rings is 1. The van der Waals surface area contributed by atoms with E-state index in [1.165, 1.54) is 24.3 Å². The van der Waals surface area contributed by atoms with Crippen LogP contribution in [-0.4, -0.2) is 95.1 Å². The molecule has 0 radical (unpaired) electrons. The second-order valence-electron chi connectivity index (χ2n) is 13.8. The van der Waals surface area contributed by atoms with Crippen molar-refractivity contribution >= 4 is 34.7 Å². The van der Waals surface area contributed by atoms with Crippen LogP contribution in [0.3, 0.4) is 0 Å². The predicted octanol–water partition coefficient (Wildman–Crippen LogP) is 4.65.